The molecule has 2 fully saturated rings. The Bertz CT molecular complexity index is 559. The van der Waals surface area contributed by atoms with Gasteiger partial charge in [0.25, 0.3) is 5.92 Å². The largest absolute Gasteiger partial charge is 0.383 e. The Labute approximate surface area is 146 Å². The number of methoxy groups -OCH3 is 1. The number of carbonyl (C=O) groups is 1. The van der Waals surface area contributed by atoms with E-state index in [4.69, 9.17) is 4.74 Å². The van der Waals surface area contributed by atoms with Crippen LogP contribution in [-0.2, 0) is 16.1 Å². The third-order valence-corrected chi connectivity index (χ3v) is 5.21. The summed E-state index contributed by atoms with van der Waals surface area (Å²) in [6.45, 7) is 2.03. The second kappa shape index (κ2) is 7.78. The Balaban J connectivity index is 1.48. The number of alkyl halides is 2. The third kappa shape index (κ3) is 4.55. The number of likely N-dealkylation sites (tertiary alicyclic amines) is 2. The highest BCUT2D eigenvalue weighted by molar-refractivity contribution is 5.76. The highest BCUT2D eigenvalue weighted by Crippen LogP contribution is 2.35. The SMILES string of the molecule is COC[C@@H]1CC(F)(F)CN1C1CCN(C(=O)CCn2ccnc2)CC1. The van der Waals surface area contributed by atoms with Crippen LogP contribution in [-0.4, -0.2) is 76.6 Å². The second-order valence-electron chi connectivity index (χ2n) is 7.00. The summed E-state index contributed by atoms with van der Waals surface area (Å²) in [7, 11) is 1.55. The highest BCUT2D eigenvalue weighted by atomic mass is 19.3. The van der Waals surface area contributed by atoms with E-state index >= 15 is 0 Å². The molecule has 8 heteroatoms. The molecule has 6 nitrogen and oxygen atoms in total. The lowest BCUT2D eigenvalue weighted by Crippen LogP contribution is -2.49. The quantitative estimate of drug-likeness (QED) is 0.777. The van der Waals surface area contributed by atoms with Gasteiger partial charge in [-0.05, 0) is 12.8 Å². The number of halogens is 2. The summed E-state index contributed by atoms with van der Waals surface area (Å²) in [4.78, 5) is 20.0. The maximum atomic E-state index is 13.8. The second-order valence-corrected chi connectivity index (χ2v) is 7.00. The fraction of sp³-hybridized carbons (Fsp3) is 0.765. The number of hydrogen-bond donors (Lipinski definition) is 0. The molecule has 0 saturated carbocycles. The van der Waals surface area contributed by atoms with Gasteiger partial charge in [-0.2, -0.15) is 0 Å². The molecule has 0 aromatic carbocycles. The summed E-state index contributed by atoms with van der Waals surface area (Å²) in [5, 5.41) is 0. The van der Waals surface area contributed by atoms with E-state index in [-0.39, 0.29) is 31.0 Å². The number of hydrogen-bond acceptors (Lipinski definition) is 4. The first kappa shape index (κ1) is 18.3. The van der Waals surface area contributed by atoms with Crippen LogP contribution in [0.3, 0.4) is 0 Å². The molecule has 1 atom stereocenters. The molecule has 0 unspecified atom stereocenters. The van der Waals surface area contributed by atoms with Gasteiger partial charge in [-0.1, -0.05) is 0 Å². The van der Waals surface area contributed by atoms with Crippen molar-refractivity contribution in [2.75, 3.05) is 33.4 Å². The van der Waals surface area contributed by atoms with Gasteiger partial charge < -0.3 is 14.2 Å². The van der Waals surface area contributed by atoms with E-state index in [2.05, 4.69) is 4.98 Å². The van der Waals surface area contributed by atoms with Crippen LogP contribution in [0.4, 0.5) is 8.78 Å². The van der Waals surface area contributed by atoms with Crippen LogP contribution in [0.15, 0.2) is 18.7 Å². The van der Waals surface area contributed by atoms with Gasteiger partial charge in [-0.25, -0.2) is 13.8 Å². The van der Waals surface area contributed by atoms with Crippen LogP contribution in [0.25, 0.3) is 0 Å². The molecule has 25 heavy (non-hydrogen) atoms. The van der Waals surface area contributed by atoms with E-state index < -0.39 is 5.92 Å². The number of amides is 1. The summed E-state index contributed by atoms with van der Waals surface area (Å²) in [5.74, 6) is -2.52. The molecule has 0 spiro atoms. The Morgan fingerprint density at radius 2 is 2.12 bits per heavy atom. The average molecular weight is 356 g/mol. The summed E-state index contributed by atoms with van der Waals surface area (Å²) in [5.41, 5.74) is 0. The van der Waals surface area contributed by atoms with Crippen LogP contribution in [0.1, 0.15) is 25.7 Å². The standard InChI is InChI=1S/C17H26F2N4O2/c1-25-11-15-10-17(18,19)12-23(15)14-2-7-22(8-3-14)16(24)4-6-21-9-5-20-13-21/h5,9,13-15H,2-4,6-8,10-12H2,1H3/t15-/m0/s1. The van der Waals surface area contributed by atoms with Gasteiger partial charge in [-0.3, -0.25) is 9.69 Å². The van der Waals surface area contributed by atoms with Crippen molar-refractivity contribution in [1.82, 2.24) is 19.4 Å². The molecule has 1 amide bonds. The summed E-state index contributed by atoms with van der Waals surface area (Å²) >= 11 is 0. The minimum Gasteiger partial charge on any atom is -0.383 e. The zero-order chi connectivity index (χ0) is 17.9. The zero-order valence-corrected chi connectivity index (χ0v) is 14.6. The van der Waals surface area contributed by atoms with Crippen LogP contribution < -0.4 is 0 Å². The van der Waals surface area contributed by atoms with Crippen molar-refractivity contribution in [2.45, 2.75) is 50.2 Å². The number of nitrogens with zero attached hydrogens (tertiary/aromatic N) is 4. The van der Waals surface area contributed by atoms with Crippen LogP contribution in [0.2, 0.25) is 0 Å². The van der Waals surface area contributed by atoms with Crippen molar-refractivity contribution in [3.8, 4) is 0 Å². The van der Waals surface area contributed by atoms with Crippen LogP contribution >= 0.6 is 0 Å². The van der Waals surface area contributed by atoms with Crippen LogP contribution in [0, 0.1) is 0 Å². The average Bonchev–Trinajstić information content (AvgIpc) is 3.20. The van der Waals surface area contributed by atoms with Crippen LogP contribution in [0.5, 0.6) is 0 Å². The Kier molecular flexibility index (Phi) is 5.68. The fourth-order valence-electron chi connectivity index (χ4n) is 3.95. The molecule has 3 heterocycles. The van der Waals surface area contributed by atoms with Gasteiger partial charge >= 0.3 is 0 Å². The minimum absolute atomic E-state index is 0.103. The van der Waals surface area contributed by atoms with Crippen molar-refractivity contribution >= 4 is 5.91 Å². The predicted octanol–water partition coefficient (Wildman–Crippen LogP) is 1.62. The van der Waals surface area contributed by atoms with E-state index in [9.17, 15) is 13.6 Å². The molecule has 2 aliphatic heterocycles. The molecule has 1 aromatic heterocycles. The molecule has 1 aromatic rings. The fourth-order valence-corrected chi connectivity index (χ4v) is 3.95. The van der Waals surface area contributed by atoms with E-state index in [0.717, 1.165) is 12.8 Å². The highest BCUT2D eigenvalue weighted by Gasteiger charge is 2.47. The molecule has 0 radical (unpaired) electrons. The van der Waals surface area contributed by atoms with E-state index in [0.29, 0.717) is 32.7 Å². The number of ether oxygens (including phenoxy) is 1. The molecule has 0 aliphatic carbocycles. The monoisotopic (exact) mass is 356 g/mol. The van der Waals surface area contributed by atoms with Crippen molar-refractivity contribution in [2.24, 2.45) is 0 Å². The number of imidazole rings is 1. The van der Waals surface area contributed by atoms with Crippen molar-refractivity contribution in [3.05, 3.63) is 18.7 Å². The number of rotatable bonds is 6. The maximum Gasteiger partial charge on any atom is 0.262 e. The van der Waals surface area contributed by atoms with Gasteiger partial charge in [0, 0.05) is 64.1 Å². The summed E-state index contributed by atoms with van der Waals surface area (Å²) in [6.07, 6.45) is 7.02. The van der Waals surface area contributed by atoms with Gasteiger partial charge in [0.1, 0.15) is 0 Å². The number of aryl methyl sites for hydroxylation is 1. The summed E-state index contributed by atoms with van der Waals surface area (Å²) in [6, 6.07) is -0.125. The Hall–Kier alpha value is -1.54. The van der Waals surface area contributed by atoms with E-state index in [1.54, 1.807) is 19.6 Å². The van der Waals surface area contributed by atoms with Crippen molar-refractivity contribution < 1.29 is 18.3 Å². The Morgan fingerprint density at radius 1 is 1.36 bits per heavy atom. The topological polar surface area (TPSA) is 50.6 Å². The molecule has 2 saturated heterocycles. The van der Waals surface area contributed by atoms with E-state index in [1.807, 2.05) is 20.6 Å². The number of aromatic nitrogens is 2. The van der Waals surface area contributed by atoms with Crippen molar-refractivity contribution in [3.63, 3.8) is 0 Å². The maximum absolute atomic E-state index is 13.8. The smallest absolute Gasteiger partial charge is 0.262 e. The molecular weight excluding hydrogens is 330 g/mol. The molecule has 0 bridgehead atoms. The third-order valence-electron chi connectivity index (χ3n) is 5.21. The lowest BCUT2D eigenvalue weighted by molar-refractivity contribution is -0.133. The predicted molar refractivity (Wildman–Crippen MR) is 88.4 cm³/mol. The van der Waals surface area contributed by atoms with Gasteiger partial charge in [0.2, 0.25) is 5.91 Å². The molecule has 3 rings (SSSR count). The summed E-state index contributed by atoms with van der Waals surface area (Å²) < 4.78 is 34.6. The first-order chi connectivity index (χ1) is 12.0. The van der Waals surface area contributed by atoms with Crippen molar-refractivity contribution in [1.29, 1.82) is 0 Å². The zero-order valence-electron chi connectivity index (χ0n) is 14.6. The minimum atomic E-state index is -2.64. The van der Waals surface area contributed by atoms with Gasteiger partial charge in [0.15, 0.2) is 0 Å². The first-order valence-electron chi connectivity index (χ1n) is 8.84. The molecule has 140 valence electrons. The normalized spacial score (nSPS) is 24.8. The molecular formula is C17H26F2N4O2. The molecule has 0 N–H and O–H groups in total. The number of carbonyl (C=O) groups excluding carboxylic acids is 1. The first-order valence-corrected chi connectivity index (χ1v) is 8.84. The number of piperidine rings is 1. The van der Waals surface area contributed by atoms with Gasteiger partial charge in [-0.15, -0.1) is 0 Å². The lowest BCUT2D eigenvalue weighted by Gasteiger charge is -2.39. The lowest BCUT2D eigenvalue weighted by atomic mass is 10.0. The Morgan fingerprint density at radius 3 is 2.76 bits per heavy atom. The van der Waals surface area contributed by atoms with Gasteiger partial charge in [0.05, 0.1) is 19.5 Å². The molecule has 2 aliphatic rings. The van der Waals surface area contributed by atoms with E-state index in [1.165, 1.54) is 0 Å².